The molecule has 1 aliphatic heterocycles. The minimum Gasteiger partial charge on any atom is -0.411 e. The number of hydrogen-bond donors (Lipinski definition) is 0. The average Bonchev–Trinajstić information content (AvgIpc) is 2.97. The Bertz CT molecular complexity index is 1430. The molecule has 0 radical (unpaired) electrons. The van der Waals surface area contributed by atoms with Gasteiger partial charge in [0, 0.05) is 0 Å². The number of carbonyl (C=O) groups excluding carboxylic acids is 1. The van der Waals surface area contributed by atoms with Gasteiger partial charge in [-0.1, -0.05) is 36.4 Å². The van der Waals surface area contributed by atoms with Gasteiger partial charge in [-0.2, -0.15) is 9.89 Å². The van der Waals surface area contributed by atoms with Crippen LogP contribution in [-0.4, -0.2) is 17.1 Å². The molecule has 0 saturated heterocycles. The summed E-state index contributed by atoms with van der Waals surface area (Å²) in [4.78, 5) is 21.2. The highest BCUT2D eigenvalue weighted by molar-refractivity contribution is 5.81. The van der Waals surface area contributed by atoms with Crippen molar-refractivity contribution in [2.24, 2.45) is 52.3 Å². The van der Waals surface area contributed by atoms with Crippen LogP contribution in [0.3, 0.4) is 0 Å². The smallest absolute Gasteiger partial charge is 0.411 e. The topological polar surface area (TPSA) is 60.4 Å². The van der Waals surface area contributed by atoms with E-state index >= 15 is 0 Å². The molecule has 11 rings (SSSR count). The molecule has 0 aromatic heterocycles. The highest BCUT2D eigenvalue weighted by atomic mass is 16.7. The monoisotopic (exact) mass is 562 g/mol. The summed E-state index contributed by atoms with van der Waals surface area (Å²) >= 11 is 0. The highest BCUT2D eigenvalue weighted by Gasteiger charge is 2.52. The molecular formula is C36H38N2O4. The van der Waals surface area contributed by atoms with Crippen molar-refractivity contribution in [3.63, 3.8) is 0 Å². The molecule has 2 aromatic carbocycles. The second kappa shape index (κ2) is 9.75. The van der Waals surface area contributed by atoms with Gasteiger partial charge < -0.3 is 14.2 Å². The first kappa shape index (κ1) is 25.0. The number of rotatable bonds is 2. The number of benzene rings is 2. The lowest BCUT2D eigenvalue weighted by atomic mass is 9.54. The Morgan fingerprint density at radius 1 is 0.643 bits per heavy atom. The zero-order chi connectivity index (χ0) is 27.8. The van der Waals surface area contributed by atoms with E-state index in [-0.39, 0.29) is 6.08 Å². The van der Waals surface area contributed by atoms with Crippen LogP contribution in [0.2, 0.25) is 0 Å². The minimum absolute atomic E-state index is 0.220. The van der Waals surface area contributed by atoms with Gasteiger partial charge in [-0.15, -0.1) is 0 Å². The van der Waals surface area contributed by atoms with Gasteiger partial charge >= 0.3 is 12.2 Å². The molecule has 8 fully saturated rings. The molecule has 1 heterocycles. The van der Waals surface area contributed by atoms with Crippen molar-refractivity contribution in [1.82, 2.24) is 4.90 Å². The Labute approximate surface area is 247 Å². The summed E-state index contributed by atoms with van der Waals surface area (Å²) in [5, 5.41) is 0. The second-order valence-electron chi connectivity index (χ2n) is 14.1. The summed E-state index contributed by atoms with van der Waals surface area (Å²) in [6, 6.07) is 19.1. The van der Waals surface area contributed by atoms with E-state index in [1.807, 2.05) is 60.7 Å². The lowest BCUT2D eigenvalue weighted by Crippen LogP contribution is -2.47. The number of amides is 1. The normalized spacial score (nSPS) is 35.8. The molecule has 0 spiro atoms. The first-order valence-corrected chi connectivity index (χ1v) is 16.2. The Kier molecular flexibility index (Phi) is 5.81. The van der Waals surface area contributed by atoms with Gasteiger partial charge in [0.15, 0.2) is 5.82 Å². The van der Waals surface area contributed by atoms with E-state index < -0.39 is 6.09 Å². The van der Waals surface area contributed by atoms with Crippen LogP contribution in [0, 0.1) is 47.3 Å². The summed E-state index contributed by atoms with van der Waals surface area (Å²) < 4.78 is 19.1. The summed E-state index contributed by atoms with van der Waals surface area (Å²) in [5.41, 5.74) is 2.62. The molecule has 8 aliphatic carbocycles. The van der Waals surface area contributed by atoms with Gasteiger partial charge in [0.05, 0.1) is 0 Å². The standard InChI is InChI=1S/C36H38N2O4/c39-36(41-30-9-5-2-6-10-30)38-33(31-25-13-21-11-22(15-25)16-26(31)14-21)37-35(40-29-7-3-1-4-8-29)42-34(38)32-27-17-23-12-24(19-27)20-28(32)18-23/h1-10,21-28H,11-20H2. The molecule has 0 atom stereocenters. The van der Waals surface area contributed by atoms with E-state index in [1.54, 1.807) is 4.90 Å². The molecular weight excluding hydrogens is 524 g/mol. The van der Waals surface area contributed by atoms with Crippen LogP contribution < -0.4 is 9.47 Å². The number of aliphatic imine (C=N–C) groups is 1. The predicted molar refractivity (Wildman–Crippen MR) is 158 cm³/mol. The Hall–Kier alpha value is -3.54. The summed E-state index contributed by atoms with van der Waals surface area (Å²) in [6.07, 6.45) is 12.0. The molecule has 9 aliphatic rings. The van der Waals surface area contributed by atoms with E-state index in [1.165, 1.54) is 75.4 Å². The summed E-state index contributed by atoms with van der Waals surface area (Å²) in [5.74, 6) is 7.48. The number of allylic oxidation sites excluding steroid dienone is 2. The summed E-state index contributed by atoms with van der Waals surface area (Å²) in [7, 11) is 0. The molecule has 6 nitrogen and oxygen atoms in total. The van der Waals surface area contributed by atoms with Gasteiger partial charge in [0.25, 0.3) is 0 Å². The molecule has 216 valence electrons. The zero-order valence-corrected chi connectivity index (χ0v) is 24.0. The van der Waals surface area contributed by atoms with Gasteiger partial charge in [-0.3, -0.25) is 0 Å². The fraction of sp³-hybridized carbons (Fsp3) is 0.500. The number of hydrogen-bond acceptors (Lipinski definition) is 5. The van der Waals surface area contributed by atoms with Crippen LogP contribution in [0.5, 0.6) is 11.5 Å². The third-order valence-electron chi connectivity index (χ3n) is 11.4. The van der Waals surface area contributed by atoms with E-state index in [2.05, 4.69) is 0 Å². The van der Waals surface area contributed by atoms with Crippen LogP contribution in [-0.2, 0) is 4.74 Å². The van der Waals surface area contributed by atoms with Crippen molar-refractivity contribution < 1.29 is 19.0 Å². The van der Waals surface area contributed by atoms with Crippen molar-refractivity contribution in [2.45, 2.75) is 64.2 Å². The lowest BCUT2D eigenvalue weighted by Gasteiger charge is -2.53. The van der Waals surface area contributed by atoms with Crippen LogP contribution in [0.1, 0.15) is 64.2 Å². The minimum atomic E-state index is -0.434. The van der Waals surface area contributed by atoms with E-state index in [9.17, 15) is 4.79 Å². The van der Waals surface area contributed by atoms with Crippen molar-refractivity contribution in [3.8, 4) is 11.5 Å². The largest absolute Gasteiger partial charge is 0.428 e. The first-order chi connectivity index (χ1) is 20.6. The number of para-hydroxylation sites is 2. The van der Waals surface area contributed by atoms with Gasteiger partial charge in [-0.05, 0) is 147 Å². The predicted octanol–water partition coefficient (Wildman–Crippen LogP) is 8.29. The van der Waals surface area contributed by atoms with E-state index in [0.717, 1.165) is 23.7 Å². The second-order valence-corrected chi connectivity index (χ2v) is 14.1. The molecule has 42 heavy (non-hydrogen) atoms. The maximum atomic E-state index is 14.4. The molecule has 8 bridgehead atoms. The SMILES string of the molecule is O=C(Oc1ccccc1)N1C(=C2C3CC4CC(C3)CC2C4)N=C(Oc2ccccc2)OC1=C1C2CC3CC(C2)CC1C3. The maximum Gasteiger partial charge on any atom is 0.428 e. The fourth-order valence-corrected chi connectivity index (χ4v) is 10.3. The molecule has 6 heteroatoms. The first-order valence-electron chi connectivity index (χ1n) is 16.2. The van der Waals surface area contributed by atoms with Gasteiger partial charge in [-0.25, -0.2) is 4.79 Å². The molecule has 1 amide bonds. The number of carbonyl (C=O) groups is 1. The average molecular weight is 563 g/mol. The Morgan fingerprint density at radius 2 is 1.12 bits per heavy atom. The van der Waals surface area contributed by atoms with Crippen LogP contribution in [0.15, 0.2) is 88.5 Å². The zero-order valence-electron chi connectivity index (χ0n) is 24.0. The van der Waals surface area contributed by atoms with Gasteiger partial charge in [0.2, 0.25) is 5.88 Å². The van der Waals surface area contributed by atoms with E-state index in [0.29, 0.717) is 46.9 Å². The van der Waals surface area contributed by atoms with E-state index in [4.69, 9.17) is 19.2 Å². The van der Waals surface area contributed by atoms with Crippen LogP contribution in [0.25, 0.3) is 0 Å². The van der Waals surface area contributed by atoms with Crippen LogP contribution >= 0.6 is 0 Å². The van der Waals surface area contributed by atoms with Crippen molar-refractivity contribution in [2.75, 3.05) is 0 Å². The third kappa shape index (κ3) is 4.20. The number of ether oxygens (including phenoxy) is 3. The van der Waals surface area contributed by atoms with Crippen molar-refractivity contribution in [3.05, 3.63) is 83.5 Å². The maximum absolute atomic E-state index is 14.4. The quantitative estimate of drug-likeness (QED) is 0.369. The highest BCUT2D eigenvalue weighted by Crippen LogP contribution is 2.60. The van der Waals surface area contributed by atoms with Crippen molar-refractivity contribution >= 4 is 12.2 Å². The lowest BCUT2D eigenvalue weighted by molar-refractivity contribution is 0.0504. The van der Waals surface area contributed by atoms with Crippen molar-refractivity contribution in [1.29, 1.82) is 0 Å². The Balaban J connectivity index is 1.21. The third-order valence-corrected chi connectivity index (χ3v) is 11.4. The Morgan fingerprint density at radius 3 is 1.64 bits per heavy atom. The fourth-order valence-electron chi connectivity index (χ4n) is 10.3. The molecule has 0 N–H and O–H groups in total. The van der Waals surface area contributed by atoms with Crippen LogP contribution in [0.4, 0.5) is 4.79 Å². The van der Waals surface area contributed by atoms with Gasteiger partial charge in [0.1, 0.15) is 11.5 Å². The number of nitrogens with zero attached hydrogens (tertiary/aromatic N) is 2. The molecule has 2 aromatic rings. The summed E-state index contributed by atoms with van der Waals surface area (Å²) in [6.45, 7) is 0. The molecule has 0 unspecified atom stereocenters. The molecule has 8 saturated carbocycles.